The van der Waals surface area contributed by atoms with Gasteiger partial charge in [-0.1, -0.05) is 59.3 Å². The van der Waals surface area contributed by atoms with Crippen LogP contribution in [0.1, 0.15) is 78.6 Å². The monoisotopic (exact) mass is 239 g/mol. The highest BCUT2D eigenvalue weighted by atomic mass is 14.9. The Bertz CT molecular complexity index is 172. The van der Waals surface area contributed by atoms with E-state index in [9.17, 15) is 0 Å². The Morgan fingerprint density at radius 3 is 2.41 bits per heavy atom. The van der Waals surface area contributed by atoms with Gasteiger partial charge in [-0.25, -0.2) is 0 Å². The molecule has 1 nitrogen and oxygen atoms in total. The van der Waals surface area contributed by atoms with Gasteiger partial charge in [-0.15, -0.1) is 0 Å². The third-order valence-corrected chi connectivity index (χ3v) is 4.24. The fraction of sp³-hybridized carbons (Fsp3) is 1.00. The van der Waals surface area contributed by atoms with E-state index in [4.69, 9.17) is 0 Å². The van der Waals surface area contributed by atoms with Gasteiger partial charge in [0.1, 0.15) is 0 Å². The molecule has 102 valence electrons. The molecule has 2 atom stereocenters. The summed E-state index contributed by atoms with van der Waals surface area (Å²) in [5.41, 5.74) is 0. The van der Waals surface area contributed by atoms with Crippen LogP contribution in [0.5, 0.6) is 0 Å². The summed E-state index contributed by atoms with van der Waals surface area (Å²) >= 11 is 0. The van der Waals surface area contributed by atoms with E-state index in [1.807, 2.05) is 0 Å². The predicted octanol–water partition coefficient (Wildman–Crippen LogP) is 4.76. The Morgan fingerprint density at radius 2 is 1.82 bits per heavy atom. The zero-order chi connectivity index (χ0) is 12.5. The molecule has 1 fully saturated rings. The first-order valence-electron chi connectivity index (χ1n) is 7.99. The van der Waals surface area contributed by atoms with Crippen molar-refractivity contribution >= 4 is 0 Å². The summed E-state index contributed by atoms with van der Waals surface area (Å²) < 4.78 is 0. The number of hydrogen-bond donors (Lipinski definition) is 1. The summed E-state index contributed by atoms with van der Waals surface area (Å²) in [7, 11) is 0. The highest BCUT2D eigenvalue weighted by Crippen LogP contribution is 2.30. The van der Waals surface area contributed by atoms with Gasteiger partial charge in [0.2, 0.25) is 0 Å². The van der Waals surface area contributed by atoms with Crippen LogP contribution in [0.2, 0.25) is 0 Å². The second-order valence-electron chi connectivity index (χ2n) is 6.17. The maximum Gasteiger partial charge on any atom is 0.00722 e. The van der Waals surface area contributed by atoms with Crippen LogP contribution in [-0.2, 0) is 0 Å². The first kappa shape index (κ1) is 15.0. The smallest absolute Gasteiger partial charge is 0.00722 e. The van der Waals surface area contributed by atoms with Crippen LogP contribution in [0.4, 0.5) is 0 Å². The molecule has 0 bridgehead atoms. The topological polar surface area (TPSA) is 12.0 Å². The second kappa shape index (κ2) is 8.97. The lowest BCUT2D eigenvalue weighted by atomic mass is 9.90. The van der Waals surface area contributed by atoms with Crippen molar-refractivity contribution in [3.05, 3.63) is 0 Å². The molecular formula is C16H33N. The van der Waals surface area contributed by atoms with Crippen LogP contribution in [-0.4, -0.2) is 12.6 Å². The minimum atomic E-state index is 0.791. The Kier molecular flexibility index (Phi) is 7.92. The number of nitrogens with one attached hydrogen (secondary N) is 1. The summed E-state index contributed by atoms with van der Waals surface area (Å²) in [4.78, 5) is 0. The molecular weight excluding hydrogens is 206 g/mol. The molecule has 1 N–H and O–H groups in total. The zero-order valence-electron chi connectivity index (χ0n) is 12.3. The van der Waals surface area contributed by atoms with Crippen LogP contribution < -0.4 is 5.32 Å². The van der Waals surface area contributed by atoms with Crippen LogP contribution in [0.3, 0.4) is 0 Å². The summed E-state index contributed by atoms with van der Waals surface area (Å²) in [5.74, 6) is 1.92. The van der Waals surface area contributed by atoms with Crippen LogP contribution in [0.15, 0.2) is 0 Å². The van der Waals surface area contributed by atoms with E-state index in [0.29, 0.717) is 0 Å². The molecule has 1 heteroatoms. The largest absolute Gasteiger partial charge is 0.314 e. The average Bonchev–Trinajstić information content (AvgIpc) is 2.79. The van der Waals surface area contributed by atoms with Gasteiger partial charge in [-0.2, -0.15) is 0 Å². The lowest BCUT2D eigenvalue weighted by molar-refractivity contribution is 0.323. The number of hydrogen-bond acceptors (Lipinski definition) is 1. The van der Waals surface area contributed by atoms with E-state index in [2.05, 4.69) is 26.1 Å². The minimum absolute atomic E-state index is 0.791. The van der Waals surface area contributed by atoms with Crippen molar-refractivity contribution in [3.63, 3.8) is 0 Å². The standard InChI is InChI=1S/C16H33N/c1-4-8-14(3)12-16(17-11-5-2)13-15-9-6-7-10-15/h14-17H,4-13H2,1-3H3. The summed E-state index contributed by atoms with van der Waals surface area (Å²) in [5, 5.41) is 3.79. The molecule has 0 spiro atoms. The normalized spacial score (nSPS) is 20.6. The van der Waals surface area contributed by atoms with E-state index in [0.717, 1.165) is 17.9 Å². The highest BCUT2D eigenvalue weighted by molar-refractivity contribution is 4.77. The lowest BCUT2D eigenvalue weighted by Crippen LogP contribution is -2.33. The molecule has 0 heterocycles. The van der Waals surface area contributed by atoms with Crippen molar-refractivity contribution in [1.82, 2.24) is 5.32 Å². The maximum atomic E-state index is 3.79. The van der Waals surface area contributed by atoms with Crippen LogP contribution in [0.25, 0.3) is 0 Å². The van der Waals surface area contributed by atoms with Crippen molar-refractivity contribution in [1.29, 1.82) is 0 Å². The van der Waals surface area contributed by atoms with Crippen molar-refractivity contribution in [2.45, 2.75) is 84.6 Å². The van der Waals surface area contributed by atoms with Gasteiger partial charge < -0.3 is 5.32 Å². The molecule has 2 unspecified atom stereocenters. The van der Waals surface area contributed by atoms with Gasteiger partial charge >= 0.3 is 0 Å². The summed E-state index contributed by atoms with van der Waals surface area (Å²) in [6, 6.07) is 0.791. The lowest BCUT2D eigenvalue weighted by Gasteiger charge is -2.24. The molecule has 17 heavy (non-hydrogen) atoms. The van der Waals surface area contributed by atoms with E-state index < -0.39 is 0 Å². The van der Waals surface area contributed by atoms with Crippen molar-refractivity contribution in [2.24, 2.45) is 11.8 Å². The van der Waals surface area contributed by atoms with E-state index >= 15 is 0 Å². The molecule has 0 aliphatic heterocycles. The molecule has 0 aromatic carbocycles. The molecule has 1 rings (SSSR count). The van der Waals surface area contributed by atoms with Gasteiger partial charge in [0.05, 0.1) is 0 Å². The Balaban J connectivity index is 2.30. The SMILES string of the molecule is CCCNC(CC(C)CCC)CC1CCCC1. The first-order valence-corrected chi connectivity index (χ1v) is 7.99. The molecule has 1 aliphatic carbocycles. The fourth-order valence-corrected chi connectivity index (χ4v) is 3.36. The van der Waals surface area contributed by atoms with Gasteiger partial charge in [-0.3, -0.25) is 0 Å². The fourth-order valence-electron chi connectivity index (χ4n) is 3.36. The molecule has 0 radical (unpaired) electrons. The average molecular weight is 239 g/mol. The molecule has 1 saturated carbocycles. The Morgan fingerprint density at radius 1 is 1.12 bits per heavy atom. The van der Waals surface area contributed by atoms with Gasteiger partial charge in [0.25, 0.3) is 0 Å². The van der Waals surface area contributed by atoms with Gasteiger partial charge in [-0.05, 0) is 37.6 Å². The van der Waals surface area contributed by atoms with E-state index in [1.165, 1.54) is 64.3 Å². The van der Waals surface area contributed by atoms with Crippen LogP contribution in [0, 0.1) is 11.8 Å². The molecule has 0 aromatic rings. The molecule has 0 saturated heterocycles. The molecule has 0 amide bonds. The van der Waals surface area contributed by atoms with Crippen molar-refractivity contribution in [3.8, 4) is 0 Å². The Hall–Kier alpha value is -0.0400. The summed E-state index contributed by atoms with van der Waals surface area (Å²) in [6.45, 7) is 8.21. The van der Waals surface area contributed by atoms with Gasteiger partial charge in [0, 0.05) is 6.04 Å². The molecule has 0 aromatic heterocycles. The molecule has 1 aliphatic rings. The third kappa shape index (κ3) is 6.45. The maximum absolute atomic E-state index is 3.79. The Labute approximate surface area is 109 Å². The quantitative estimate of drug-likeness (QED) is 0.611. The highest BCUT2D eigenvalue weighted by Gasteiger charge is 2.20. The minimum Gasteiger partial charge on any atom is -0.314 e. The predicted molar refractivity (Wildman–Crippen MR) is 77.3 cm³/mol. The van der Waals surface area contributed by atoms with E-state index in [-0.39, 0.29) is 0 Å². The first-order chi connectivity index (χ1) is 8.26. The van der Waals surface area contributed by atoms with E-state index in [1.54, 1.807) is 0 Å². The van der Waals surface area contributed by atoms with Crippen molar-refractivity contribution in [2.75, 3.05) is 6.54 Å². The second-order valence-corrected chi connectivity index (χ2v) is 6.17. The van der Waals surface area contributed by atoms with Crippen molar-refractivity contribution < 1.29 is 0 Å². The van der Waals surface area contributed by atoms with Gasteiger partial charge in [0.15, 0.2) is 0 Å². The summed E-state index contributed by atoms with van der Waals surface area (Å²) in [6.07, 6.45) is 12.8. The third-order valence-electron chi connectivity index (χ3n) is 4.24. The van der Waals surface area contributed by atoms with Crippen LogP contribution >= 0.6 is 0 Å². The zero-order valence-corrected chi connectivity index (χ0v) is 12.3. The number of rotatable bonds is 9.